The second kappa shape index (κ2) is 10.1. The Kier molecular flexibility index (Phi) is 7.83. The van der Waals surface area contributed by atoms with Crippen LogP contribution in [0, 0.1) is 5.92 Å². The Bertz CT molecular complexity index is 1000. The van der Waals surface area contributed by atoms with Gasteiger partial charge in [-0.25, -0.2) is 0 Å². The molecule has 0 aliphatic carbocycles. The first-order valence-electron chi connectivity index (χ1n) is 10.1. The lowest BCUT2D eigenvalue weighted by atomic mass is 9.79. The van der Waals surface area contributed by atoms with Crippen LogP contribution in [0.2, 0.25) is 0 Å². The molecular weight excluding hydrogens is 361 g/mol. The van der Waals surface area contributed by atoms with E-state index in [1.807, 2.05) is 49.4 Å². The Morgan fingerprint density at radius 3 is 2.38 bits per heavy atom. The van der Waals surface area contributed by atoms with Crippen molar-refractivity contribution in [3.8, 4) is 0 Å². The van der Waals surface area contributed by atoms with Crippen LogP contribution in [0.25, 0.3) is 17.8 Å². The summed E-state index contributed by atoms with van der Waals surface area (Å²) in [5, 5.41) is 2.12. The zero-order valence-electron chi connectivity index (χ0n) is 18.1. The highest BCUT2D eigenvalue weighted by atomic mass is 19.3. The molecule has 0 aromatic heterocycles. The molecule has 0 unspecified atom stereocenters. The molecular formula is C26H32FNO. The quantitative estimate of drug-likeness (QED) is 0.641. The largest absolute Gasteiger partial charge is 0.398 e. The Labute approximate surface area is 173 Å². The molecule has 2 aromatic carbocycles. The average molecular weight is 394 g/mol. The van der Waals surface area contributed by atoms with E-state index in [-0.39, 0.29) is 17.1 Å². The fourth-order valence-corrected chi connectivity index (χ4v) is 3.33. The Morgan fingerprint density at radius 1 is 1.10 bits per heavy atom. The topological polar surface area (TPSA) is 35.2 Å². The van der Waals surface area contributed by atoms with Crippen LogP contribution in [-0.4, -0.2) is 0 Å². The van der Waals surface area contributed by atoms with Gasteiger partial charge >= 0.3 is 0 Å². The van der Waals surface area contributed by atoms with Crippen molar-refractivity contribution in [2.24, 2.45) is 11.7 Å². The molecule has 2 N–H and O–H groups in total. The second-order valence-corrected chi connectivity index (χ2v) is 8.08. The molecule has 0 bridgehead atoms. The number of benzene rings is 2. The predicted octanol–water partition coefficient (Wildman–Crippen LogP) is 5.38. The molecule has 29 heavy (non-hydrogen) atoms. The van der Waals surface area contributed by atoms with E-state index in [0.29, 0.717) is 0 Å². The van der Waals surface area contributed by atoms with E-state index in [9.17, 15) is 4.53 Å². The summed E-state index contributed by atoms with van der Waals surface area (Å²) in [4.78, 5) is 3.77. The van der Waals surface area contributed by atoms with Gasteiger partial charge in [0.2, 0.25) is 0 Å². The lowest BCUT2D eigenvalue weighted by molar-refractivity contribution is -0.0826. The summed E-state index contributed by atoms with van der Waals surface area (Å²) in [6.07, 6.45) is 8.85. The third-order valence-corrected chi connectivity index (χ3v) is 5.35. The minimum absolute atomic E-state index is 0.0349. The van der Waals surface area contributed by atoms with Gasteiger partial charge in [-0.1, -0.05) is 88.4 Å². The van der Waals surface area contributed by atoms with Crippen LogP contribution in [0.1, 0.15) is 52.2 Å². The molecule has 3 heteroatoms. The van der Waals surface area contributed by atoms with Crippen LogP contribution < -0.4 is 16.2 Å². The van der Waals surface area contributed by atoms with E-state index in [0.717, 1.165) is 28.1 Å². The third-order valence-electron chi connectivity index (χ3n) is 5.35. The average Bonchev–Trinajstić information content (AvgIpc) is 2.72. The molecule has 0 heterocycles. The SMILES string of the molecule is CCC(C)(C)c1ccccc1/C(N)=C/C=c1/cccc/c1=C\[C@H](C)/C=C(/C)OF. The minimum Gasteiger partial charge on any atom is -0.398 e. The van der Waals surface area contributed by atoms with Crippen LogP contribution >= 0.6 is 0 Å². The molecule has 1 atom stereocenters. The number of allylic oxidation sites excluding steroid dienone is 3. The van der Waals surface area contributed by atoms with Gasteiger partial charge in [0.15, 0.2) is 0 Å². The molecule has 2 nitrogen and oxygen atoms in total. The highest BCUT2D eigenvalue weighted by molar-refractivity contribution is 5.71. The van der Waals surface area contributed by atoms with Crippen molar-refractivity contribution in [1.29, 1.82) is 0 Å². The van der Waals surface area contributed by atoms with E-state index in [1.165, 1.54) is 5.56 Å². The summed E-state index contributed by atoms with van der Waals surface area (Å²) in [5.74, 6) is 0.294. The maximum absolute atomic E-state index is 12.3. The van der Waals surface area contributed by atoms with Crippen LogP contribution in [0.15, 0.2) is 66.4 Å². The monoisotopic (exact) mass is 393 g/mol. The van der Waals surface area contributed by atoms with Gasteiger partial charge in [-0.05, 0) is 52.8 Å². The fraction of sp³-hybridized carbons (Fsp3) is 0.308. The molecule has 0 amide bonds. The van der Waals surface area contributed by atoms with Crippen molar-refractivity contribution in [3.63, 3.8) is 0 Å². The zero-order valence-corrected chi connectivity index (χ0v) is 18.1. The Hall–Kier alpha value is -2.81. The first-order valence-corrected chi connectivity index (χ1v) is 10.1. The Balaban J connectivity index is 2.49. The third kappa shape index (κ3) is 6.08. The number of hydrogen-bond acceptors (Lipinski definition) is 2. The van der Waals surface area contributed by atoms with E-state index in [2.05, 4.69) is 50.0 Å². The van der Waals surface area contributed by atoms with Crippen molar-refractivity contribution < 1.29 is 9.47 Å². The highest BCUT2D eigenvalue weighted by Crippen LogP contribution is 2.31. The standard InChI is InChI=1S/C26H32FNO/c1-6-26(4,5)24-14-10-9-13-23(24)25(28)16-15-21-11-7-8-12-22(21)18-19(2)17-20(3)29-27/h7-19H,6,28H2,1-5H3/b20-17-,21-15-,22-18+,25-16-/t19-/m1/s1. The summed E-state index contributed by atoms with van der Waals surface area (Å²) >= 11 is 0. The summed E-state index contributed by atoms with van der Waals surface area (Å²) < 4.78 is 12.3. The predicted molar refractivity (Wildman–Crippen MR) is 122 cm³/mol. The second-order valence-electron chi connectivity index (χ2n) is 8.08. The zero-order chi connectivity index (χ0) is 21.4. The highest BCUT2D eigenvalue weighted by Gasteiger charge is 2.21. The smallest absolute Gasteiger partial charge is 0.142 e. The minimum atomic E-state index is 0.0349. The number of halogens is 1. The first-order chi connectivity index (χ1) is 13.8. The molecule has 0 aliphatic heterocycles. The fourth-order valence-electron chi connectivity index (χ4n) is 3.33. The molecule has 0 aliphatic rings. The van der Waals surface area contributed by atoms with Crippen molar-refractivity contribution in [2.45, 2.75) is 46.5 Å². The summed E-state index contributed by atoms with van der Waals surface area (Å²) in [7, 11) is 0. The van der Waals surface area contributed by atoms with Crippen LogP contribution in [0.5, 0.6) is 0 Å². The van der Waals surface area contributed by atoms with E-state index < -0.39 is 0 Å². The van der Waals surface area contributed by atoms with Gasteiger partial charge in [0, 0.05) is 15.8 Å². The van der Waals surface area contributed by atoms with Crippen molar-refractivity contribution in [2.75, 3.05) is 0 Å². The van der Waals surface area contributed by atoms with E-state index in [4.69, 9.17) is 5.73 Å². The molecule has 0 radical (unpaired) electrons. The van der Waals surface area contributed by atoms with Crippen molar-refractivity contribution in [1.82, 2.24) is 0 Å². The van der Waals surface area contributed by atoms with Crippen LogP contribution in [-0.2, 0) is 10.4 Å². The van der Waals surface area contributed by atoms with Crippen molar-refractivity contribution in [3.05, 3.63) is 88.0 Å². The molecule has 2 aromatic rings. The molecule has 154 valence electrons. The molecule has 0 saturated carbocycles. The first kappa shape index (κ1) is 22.5. The number of nitrogens with two attached hydrogens (primary N) is 1. The summed E-state index contributed by atoms with van der Waals surface area (Å²) in [5.41, 5.74) is 9.61. The normalized spacial score (nSPS) is 15.5. The van der Waals surface area contributed by atoms with Gasteiger partial charge < -0.3 is 5.73 Å². The van der Waals surface area contributed by atoms with Crippen LogP contribution in [0.4, 0.5) is 4.53 Å². The van der Waals surface area contributed by atoms with E-state index in [1.54, 1.807) is 13.0 Å². The van der Waals surface area contributed by atoms with Gasteiger partial charge in [-0.15, -0.1) is 0 Å². The summed E-state index contributed by atoms with van der Waals surface area (Å²) in [6, 6.07) is 16.4. The van der Waals surface area contributed by atoms with Crippen molar-refractivity contribution >= 4 is 17.8 Å². The summed E-state index contributed by atoms with van der Waals surface area (Å²) in [6.45, 7) is 10.3. The van der Waals surface area contributed by atoms with Gasteiger partial charge in [0.1, 0.15) is 5.76 Å². The molecule has 0 spiro atoms. The number of hydrogen-bond donors (Lipinski definition) is 1. The van der Waals surface area contributed by atoms with Gasteiger partial charge in [-0.3, -0.25) is 4.94 Å². The maximum atomic E-state index is 12.3. The molecule has 0 fully saturated rings. The Morgan fingerprint density at radius 2 is 1.72 bits per heavy atom. The number of rotatable bonds is 7. The van der Waals surface area contributed by atoms with Crippen LogP contribution in [0.3, 0.4) is 0 Å². The molecule has 2 rings (SSSR count). The van der Waals surface area contributed by atoms with Gasteiger partial charge in [-0.2, -0.15) is 0 Å². The van der Waals surface area contributed by atoms with Gasteiger partial charge in [0.05, 0.1) is 0 Å². The van der Waals surface area contributed by atoms with Gasteiger partial charge in [0.25, 0.3) is 0 Å². The molecule has 0 saturated heterocycles. The maximum Gasteiger partial charge on any atom is 0.142 e. The lowest BCUT2D eigenvalue weighted by Crippen LogP contribution is -2.24. The lowest BCUT2D eigenvalue weighted by Gasteiger charge is -2.26. The van der Waals surface area contributed by atoms with E-state index >= 15 is 0 Å².